The van der Waals surface area contributed by atoms with Crippen LogP contribution in [0.4, 0.5) is 31.9 Å². The molecule has 1 amide bonds. The summed E-state index contributed by atoms with van der Waals surface area (Å²) in [6.45, 7) is 6.59. The maximum Gasteiger partial charge on any atom is 0.250 e. The molecule has 39 heavy (non-hydrogen) atoms. The number of amides is 1. The van der Waals surface area contributed by atoms with Crippen molar-refractivity contribution in [2.24, 2.45) is 5.73 Å². The molecule has 11 heteroatoms. The van der Waals surface area contributed by atoms with Gasteiger partial charge in [-0.2, -0.15) is 9.97 Å². The van der Waals surface area contributed by atoms with Crippen molar-refractivity contribution in [3.05, 3.63) is 65.4 Å². The van der Waals surface area contributed by atoms with Gasteiger partial charge < -0.3 is 31.0 Å². The van der Waals surface area contributed by atoms with E-state index >= 15 is 0 Å². The molecule has 0 aliphatic carbocycles. The van der Waals surface area contributed by atoms with Crippen LogP contribution < -0.4 is 21.1 Å². The Morgan fingerprint density at radius 1 is 1.08 bits per heavy atom. The second-order valence-corrected chi connectivity index (χ2v) is 9.93. The van der Waals surface area contributed by atoms with E-state index in [2.05, 4.69) is 50.4 Å². The van der Waals surface area contributed by atoms with Crippen molar-refractivity contribution in [3.8, 4) is 5.75 Å². The number of halogens is 2. The predicted molar refractivity (Wildman–Crippen MR) is 147 cm³/mol. The molecular formula is C28H31F2N7O2. The van der Waals surface area contributed by atoms with E-state index < -0.39 is 17.5 Å². The molecule has 0 bridgehead atoms. The molecule has 0 atom stereocenters. The quantitative estimate of drug-likeness (QED) is 0.238. The van der Waals surface area contributed by atoms with E-state index in [1.807, 2.05) is 12.1 Å². The molecule has 0 unspecified atom stereocenters. The van der Waals surface area contributed by atoms with Crippen molar-refractivity contribution in [1.82, 2.24) is 19.9 Å². The predicted octanol–water partition coefficient (Wildman–Crippen LogP) is 5.42. The third kappa shape index (κ3) is 5.49. The van der Waals surface area contributed by atoms with Crippen molar-refractivity contribution in [2.75, 3.05) is 30.8 Å². The Morgan fingerprint density at radius 2 is 1.82 bits per heavy atom. The lowest BCUT2D eigenvalue weighted by atomic mass is 9.88. The number of piperidine rings is 1. The monoisotopic (exact) mass is 535 g/mol. The first-order valence-electron chi connectivity index (χ1n) is 12.8. The van der Waals surface area contributed by atoms with E-state index in [1.54, 1.807) is 19.4 Å². The minimum atomic E-state index is -1.17. The van der Waals surface area contributed by atoms with E-state index in [4.69, 9.17) is 10.5 Å². The number of nitrogens with two attached hydrogens (primary N) is 1. The van der Waals surface area contributed by atoms with Crippen molar-refractivity contribution in [3.63, 3.8) is 0 Å². The highest BCUT2D eigenvalue weighted by atomic mass is 19.2. The Kier molecular flexibility index (Phi) is 7.34. The summed E-state index contributed by atoms with van der Waals surface area (Å²) in [4.78, 5) is 26.5. The van der Waals surface area contributed by atoms with E-state index in [1.165, 1.54) is 5.56 Å². The summed E-state index contributed by atoms with van der Waals surface area (Å²) in [5.41, 5.74) is 7.56. The second-order valence-electron chi connectivity index (χ2n) is 9.93. The van der Waals surface area contributed by atoms with Crippen LogP contribution in [-0.2, 0) is 0 Å². The van der Waals surface area contributed by atoms with Crippen molar-refractivity contribution in [1.29, 1.82) is 0 Å². The van der Waals surface area contributed by atoms with Crippen molar-refractivity contribution < 1.29 is 18.3 Å². The SMILES string of the molecule is COc1cc(C2CCN(C(C)C)CC2)ccc1Nc1nc(Nc2cc(F)c(F)cc2C(N)=O)c2cc[nH]c2n1. The number of fused-ring (bicyclic) bond motifs is 1. The average molecular weight is 536 g/mol. The zero-order valence-corrected chi connectivity index (χ0v) is 22.0. The van der Waals surface area contributed by atoms with E-state index in [0.29, 0.717) is 34.4 Å². The van der Waals surface area contributed by atoms with Gasteiger partial charge in [0.15, 0.2) is 11.6 Å². The van der Waals surface area contributed by atoms with Crippen LogP contribution in [0.15, 0.2) is 42.6 Å². The third-order valence-electron chi connectivity index (χ3n) is 7.20. The highest BCUT2D eigenvalue weighted by Gasteiger charge is 2.23. The van der Waals surface area contributed by atoms with Crippen LogP contribution in [0.25, 0.3) is 11.0 Å². The van der Waals surface area contributed by atoms with Gasteiger partial charge in [0.25, 0.3) is 5.91 Å². The zero-order valence-electron chi connectivity index (χ0n) is 22.0. The number of carbonyl (C=O) groups excluding carboxylic acids is 1. The lowest BCUT2D eigenvalue weighted by Gasteiger charge is -2.35. The Bertz CT molecular complexity index is 1510. The fourth-order valence-electron chi connectivity index (χ4n) is 5.01. The number of nitrogens with zero attached hydrogens (tertiary/aromatic N) is 3. The number of hydrogen-bond donors (Lipinski definition) is 4. The van der Waals surface area contributed by atoms with E-state index in [9.17, 15) is 13.6 Å². The molecule has 4 aromatic rings. The molecule has 1 aliphatic rings. The standard InChI is InChI=1S/C28H31F2N7O2/c1-15(2)37-10-7-16(8-11-37)17-4-5-22(24(12-17)39-3)34-28-35-26-18(6-9-32-26)27(36-28)33-23-14-21(30)20(29)13-19(23)25(31)38/h4-6,9,12-16H,7-8,10-11H2,1-3H3,(H2,31,38)(H3,32,33,34,35,36). The minimum absolute atomic E-state index is 0.0148. The Hall–Kier alpha value is -4.25. The molecule has 2 aromatic heterocycles. The van der Waals surface area contributed by atoms with Crippen molar-refractivity contribution >= 4 is 40.1 Å². The zero-order chi connectivity index (χ0) is 27.7. The first kappa shape index (κ1) is 26.4. The van der Waals surface area contributed by atoms with E-state index in [0.717, 1.165) is 38.1 Å². The second kappa shape index (κ2) is 10.9. The van der Waals surface area contributed by atoms with Crippen LogP contribution in [0, 0.1) is 11.6 Å². The number of H-pyrrole nitrogens is 1. The topological polar surface area (TPSA) is 121 Å². The van der Waals surface area contributed by atoms with Gasteiger partial charge >= 0.3 is 0 Å². The van der Waals surface area contributed by atoms with Gasteiger partial charge in [-0.3, -0.25) is 4.79 Å². The van der Waals surface area contributed by atoms with Gasteiger partial charge in [0.05, 0.1) is 29.4 Å². The molecule has 1 fully saturated rings. The number of ether oxygens (including phenoxy) is 1. The number of carbonyl (C=O) groups is 1. The molecule has 1 aliphatic heterocycles. The van der Waals surface area contributed by atoms with Crippen molar-refractivity contribution in [2.45, 2.75) is 38.6 Å². The number of hydrogen-bond acceptors (Lipinski definition) is 7. The van der Waals surface area contributed by atoms with Crippen LogP contribution in [0.2, 0.25) is 0 Å². The summed E-state index contributed by atoms with van der Waals surface area (Å²) >= 11 is 0. The summed E-state index contributed by atoms with van der Waals surface area (Å²) in [6, 6.07) is 9.99. The largest absolute Gasteiger partial charge is 0.495 e. The first-order valence-corrected chi connectivity index (χ1v) is 12.8. The minimum Gasteiger partial charge on any atom is -0.495 e. The first-order chi connectivity index (χ1) is 18.7. The van der Waals surface area contributed by atoms with Gasteiger partial charge in [-0.05, 0) is 75.5 Å². The summed E-state index contributed by atoms with van der Waals surface area (Å²) < 4.78 is 33.5. The van der Waals surface area contributed by atoms with Gasteiger partial charge in [0.1, 0.15) is 17.2 Å². The van der Waals surface area contributed by atoms with Crippen LogP contribution in [0.1, 0.15) is 48.5 Å². The van der Waals surface area contributed by atoms with Crippen LogP contribution in [0.5, 0.6) is 5.75 Å². The van der Waals surface area contributed by atoms with Gasteiger partial charge in [-0.1, -0.05) is 6.07 Å². The summed E-state index contributed by atoms with van der Waals surface area (Å²) in [5, 5.41) is 6.70. The number of rotatable bonds is 8. The van der Waals surface area contributed by atoms with Gasteiger partial charge in [-0.25, -0.2) is 8.78 Å². The van der Waals surface area contributed by atoms with Gasteiger partial charge in [0, 0.05) is 18.3 Å². The molecule has 3 heterocycles. The molecule has 0 saturated carbocycles. The average Bonchev–Trinajstić information content (AvgIpc) is 3.40. The Morgan fingerprint density at radius 3 is 2.51 bits per heavy atom. The number of primary amides is 1. The number of benzene rings is 2. The summed E-state index contributed by atoms with van der Waals surface area (Å²) in [6.07, 6.45) is 3.86. The van der Waals surface area contributed by atoms with Gasteiger partial charge in [0.2, 0.25) is 5.95 Å². The molecule has 9 nitrogen and oxygen atoms in total. The van der Waals surface area contributed by atoms with Gasteiger partial charge in [-0.15, -0.1) is 0 Å². The molecule has 204 valence electrons. The molecule has 2 aromatic carbocycles. The maximum atomic E-state index is 14.0. The molecule has 0 spiro atoms. The molecule has 0 radical (unpaired) electrons. The number of anilines is 4. The fraction of sp³-hybridized carbons (Fsp3) is 0.321. The van der Waals surface area contributed by atoms with E-state index in [-0.39, 0.29) is 23.0 Å². The molecular weight excluding hydrogens is 504 g/mol. The number of likely N-dealkylation sites (tertiary alicyclic amines) is 1. The summed E-state index contributed by atoms with van der Waals surface area (Å²) in [7, 11) is 1.61. The highest BCUT2D eigenvalue weighted by molar-refractivity contribution is 6.00. The molecule has 1 saturated heterocycles. The van der Waals surface area contributed by atoms with Crippen LogP contribution >= 0.6 is 0 Å². The maximum absolute atomic E-state index is 14.0. The number of nitrogens with one attached hydrogen (secondary N) is 3. The number of aromatic nitrogens is 3. The summed E-state index contributed by atoms with van der Waals surface area (Å²) in [5.74, 6) is -1.60. The fourth-order valence-corrected chi connectivity index (χ4v) is 5.01. The number of methoxy groups -OCH3 is 1. The Labute approximate surface area is 224 Å². The lowest BCUT2D eigenvalue weighted by molar-refractivity contribution is 0.100. The number of aromatic amines is 1. The smallest absolute Gasteiger partial charge is 0.250 e. The Balaban J connectivity index is 1.43. The lowest BCUT2D eigenvalue weighted by Crippen LogP contribution is -2.37. The van der Waals surface area contributed by atoms with Crippen LogP contribution in [0.3, 0.4) is 0 Å². The normalized spacial score (nSPS) is 14.6. The molecule has 5 rings (SSSR count). The molecule has 5 N–H and O–H groups in total. The third-order valence-corrected chi connectivity index (χ3v) is 7.20. The highest BCUT2D eigenvalue weighted by Crippen LogP contribution is 2.36. The van der Waals surface area contributed by atoms with Crippen LogP contribution in [-0.4, -0.2) is 52.0 Å².